The van der Waals surface area contributed by atoms with Gasteiger partial charge in [-0.25, -0.2) is 19.0 Å². The van der Waals surface area contributed by atoms with Crippen molar-refractivity contribution in [2.45, 2.75) is 6.92 Å². The van der Waals surface area contributed by atoms with E-state index in [2.05, 4.69) is 20.6 Å². The van der Waals surface area contributed by atoms with E-state index in [1.807, 2.05) is 0 Å². The molecule has 2 aromatic carbocycles. The van der Waals surface area contributed by atoms with Crippen LogP contribution in [-0.4, -0.2) is 41.5 Å². The van der Waals surface area contributed by atoms with Gasteiger partial charge >= 0.3 is 12.2 Å². The number of ether oxygens (including phenoxy) is 3. The van der Waals surface area contributed by atoms with Gasteiger partial charge in [-0.2, -0.15) is 0 Å². The van der Waals surface area contributed by atoms with Gasteiger partial charge in [-0.05, 0) is 59.5 Å². The predicted molar refractivity (Wildman–Crippen MR) is 129 cm³/mol. The third-order valence-electron chi connectivity index (χ3n) is 5.35. The van der Waals surface area contributed by atoms with Gasteiger partial charge in [-0.15, -0.1) is 0 Å². The largest absolute Gasteiger partial charge is 0.511 e. The molecule has 0 aliphatic heterocycles. The van der Waals surface area contributed by atoms with Crippen LogP contribution in [0.3, 0.4) is 0 Å². The van der Waals surface area contributed by atoms with E-state index in [4.69, 9.17) is 19.3 Å². The molecule has 1 aliphatic rings. The van der Waals surface area contributed by atoms with Crippen molar-refractivity contribution in [2.24, 2.45) is 0 Å². The van der Waals surface area contributed by atoms with Crippen molar-refractivity contribution in [1.82, 2.24) is 15.3 Å². The smallest absolute Gasteiger partial charge is 0.493 e. The van der Waals surface area contributed by atoms with Crippen LogP contribution in [0.2, 0.25) is 0 Å². The molecule has 0 fully saturated rings. The number of allylic oxidation sites excluding steroid dienone is 2. The van der Waals surface area contributed by atoms with Crippen molar-refractivity contribution < 1.29 is 33.3 Å². The van der Waals surface area contributed by atoms with Crippen molar-refractivity contribution in [3.8, 4) is 17.2 Å². The highest BCUT2D eigenvalue weighted by atomic mass is 19.1. The Kier molecular flexibility index (Phi) is 6.81. The highest BCUT2D eigenvalue weighted by Crippen LogP contribution is 2.44. The van der Waals surface area contributed by atoms with Gasteiger partial charge in [0.1, 0.15) is 5.82 Å². The number of hydrogen-bond acceptors (Lipinski definition) is 7. The average molecular weight is 492 g/mol. The van der Waals surface area contributed by atoms with Crippen LogP contribution in [0, 0.1) is 5.82 Å². The number of aromatic nitrogens is 2. The number of urea groups is 1. The van der Waals surface area contributed by atoms with Crippen LogP contribution in [0.25, 0.3) is 17.3 Å². The number of halogens is 1. The molecule has 0 bridgehead atoms. The molecule has 0 saturated carbocycles. The van der Waals surface area contributed by atoms with E-state index in [9.17, 15) is 14.0 Å². The molecule has 4 rings (SSSR count). The van der Waals surface area contributed by atoms with E-state index in [1.54, 1.807) is 31.2 Å². The molecule has 2 amide bonds. The number of nitrogens with one attached hydrogen (secondary N) is 2. The molecule has 11 heteroatoms. The summed E-state index contributed by atoms with van der Waals surface area (Å²) in [7, 11) is 2.74. The maximum Gasteiger partial charge on any atom is 0.511 e. The van der Waals surface area contributed by atoms with Crippen LogP contribution in [0.5, 0.6) is 17.2 Å². The van der Waals surface area contributed by atoms with E-state index >= 15 is 0 Å². The molecule has 3 aromatic rings. The highest BCUT2D eigenvalue weighted by Gasteiger charge is 2.26. The molecule has 1 heterocycles. The summed E-state index contributed by atoms with van der Waals surface area (Å²) in [5.74, 6) is -0.00774. The minimum atomic E-state index is -1.52. The zero-order valence-electron chi connectivity index (χ0n) is 19.5. The molecule has 0 atom stereocenters. The molecule has 0 unspecified atom stereocenters. The standard InChI is InChI=1S/C25H21FN4O6/c1-13-17(8-14-9-19(34-2)23(36-25(32)33)20(10-14)35-3)16-5-4-15(26)11-18(16)22(13)30-24(31)29-21-12-27-6-7-28-21/h4-12H,1-3H3,(H,32,33)(H2,28,29,30,31)/b17-8-. The van der Waals surface area contributed by atoms with E-state index < -0.39 is 18.0 Å². The molecule has 10 nitrogen and oxygen atoms in total. The number of carboxylic acid groups (broad SMARTS) is 1. The van der Waals surface area contributed by atoms with Crippen molar-refractivity contribution in [3.05, 3.63) is 77.0 Å². The lowest BCUT2D eigenvalue weighted by molar-refractivity contribution is 0.141. The van der Waals surface area contributed by atoms with Crippen LogP contribution in [0.4, 0.5) is 19.8 Å². The minimum absolute atomic E-state index is 0.0844. The normalized spacial score (nSPS) is 13.3. The van der Waals surface area contributed by atoms with Gasteiger partial charge in [-0.1, -0.05) is 6.07 Å². The first kappa shape index (κ1) is 24.2. The summed E-state index contributed by atoms with van der Waals surface area (Å²) in [5.41, 5.74) is 3.58. The van der Waals surface area contributed by atoms with Gasteiger partial charge in [0, 0.05) is 18.0 Å². The Morgan fingerprint density at radius 3 is 2.36 bits per heavy atom. The van der Waals surface area contributed by atoms with Crippen LogP contribution in [0.1, 0.15) is 23.6 Å². The predicted octanol–water partition coefficient (Wildman–Crippen LogP) is 4.80. The number of carbonyl (C=O) groups excluding carboxylic acids is 1. The summed E-state index contributed by atoms with van der Waals surface area (Å²) in [5, 5.41) is 14.4. The summed E-state index contributed by atoms with van der Waals surface area (Å²) in [6.45, 7) is 1.79. The first-order chi connectivity index (χ1) is 17.3. The molecule has 0 radical (unpaired) electrons. The van der Waals surface area contributed by atoms with Gasteiger partial charge in [-0.3, -0.25) is 10.3 Å². The quantitative estimate of drug-likeness (QED) is 0.330. The summed E-state index contributed by atoms with van der Waals surface area (Å²) < 4.78 is 29.6. The number of methoxy groups -OCH3 is 2. The molecule has 1 aromatic heterocycles. The lowest BCUT2D eigenvalue weighted by Crippen LogP contribution is -2.28. The maximum atomic E-state index is 14.2. The Labute approximate surface area is 205 Å². The van der Waals surface area contributed by atoms with Gasteiger partial charge in [0.2, 0.25) is 5.75 Å². The minimum Gasteiger partial charge on any atom is -0.493 e. The number of amides is 2. The summed E-state index contributed by atoms with van der Waals surface area (Å²) >= 11 is 0. The van der Waals surface area contributed by atoms with E-state index in [0.29, 0.717) is 33.5 Å². The van der Waals surface area contributed by atoms with Gasteiger partial charge < -0.3 is 24.6 Å². The lowest BCUT2D eigenvalue weighted by Gasteiger charge is -2.13. The molecule has 184 valence electrons. The first-order valence-corrected chi connectivity index (χ1v) is 10.5. The number of nitrogens with zero attached hydrogens (tertiary/aromatic N) is 2. The Hall–Kier alpha value is -4.93. The van der Waals surface area contributed by atoms with E-state index in [1.165, 1.54) is 44.9 Å². The Morgan fingerprint density at radius 1 is 1.03 bits per heavy atom. The molecule has 3 N–H and O–H groups in total. The van der Waals surface area contributed by atoms with E-state index in [0.717, 1.165) is 0 Å². The molecular formula is C25H21FN4O6. The third kappa shape index (κ3) is 4.94. The Morgan fingerprint density at radius 2 is 1.75 bits per heavy atom. The van der Waals surface area contributed by atoms with Gasteiger partial charge in [0.15, 0.2) is 17.3 Å². The third-order valence-corrected chi connectivity index (χ3v) is 5.35. The fourth-order valence-electron chi connectivity index (χ4n) is 3.81. The van der Waals surface area contributed by atoms with Gasteiger partial charge in [0.05, 0.1) is 26.1 Å². The van der Waals surface area contributed by atoms with Crippen molar-refractivity contribution in [3.63, 3.8) is 0 Å². The van der Waals surface area contributed by atoms with Crippen LogP contribution in [0.15, 0.2) is 54.5 Å². The zero-order valence-corrected chi connectivity index (χ0v) is 19.5. The number of benzene rings is 2. The van der Waals surface area contributed by atoms with Crippen molar-refractivity contribution >= 4 is 35.4 Å². The maximum absolute atomic E-state index is 14.2. The van der Waals surface area contributed by atoms with Crippen molar-refractivity contribution in [1.29, 1.82) is 0 Å². The monoisotopic (exact) mass is 492 g/mol. The number of fused-ring (bicyclic) bond motifs is 1. The second-order valence-corrected chi connectivity index (χ2v) is 7.54. The lowest BCUT2D eigenvalue weighted by atomic mass is 10.00. The fraction of sp³-hybridized carbons (Fsp3) is 0.120. The Bertz CT molecular complexity index is 1380. The number of anilines is 1. The average Bonchev–Trinajstić information content (AvgIpc) is 3.10. The van der Waals surface area contributed by atoms with E-state index in [-0.39, 0.29) is 23.1 Å². The number of rotatable bonds is 6. The molecule has 1 aliphatic carbocycles. The van der Waals surface area contributed by atoms with Gasteiger partial charge in [0.25, 0.3) is 0 Å². The number of carbonyl (C=O) groups is 2. The van der Waals surface area contributed by atoms with Crippen LogP contribution < -0.4 is 24.8 Å². The Balaban J connectivity index is 1.75. The van der Waals surface area contributed by atoms with Crippen molar-refractivity contribution in [2.75, 3.05) is 19.5 Å². The molecule has 36 heavy (non-hydrogen) atoms. The van der Waals surface area contributed by atoms with Crippen LogP contribution >= 0.6 is 0 Å². The molecule has 0 saturated heterocycles. The topological polar surface area (TPSA) is 132 Å². The SMILES string of the molecule is COc1cc(/C=C2/C(C)=C(NC(=O)Nc3cnccn3)c3cc(F)ccc32)cc(OC)c1OC(=O)O. The highest BCUT2D eigenvalue weighted by molar-refractivity contribution is 6.08. The summed E-state index contributed by atoms with van der Waals surface area (Å²) in [6, 6.07) is 6.87. The second kappa shape index (κ2) is 10.1. The summed E-state index contributed by atoms with van der Waals surface area (Å²) in [6.07, 6.45) is 4.59. The molecular weight excluding hydrogens is 471 g/mol. The fourth-order valence-corrected chi connectivity index (χ4v) is 3.81. The first-order valence-electron chi connectivity index (χ1n) is 10.5. The zero-order chi connectivity index (χ0) is 25.8. The molecule has 0 spiro atoms. The second-order valence-electron chi connectivity index (χ2n) is 7.54. The summed E-state index contributed by atoms with van der Waals surface area (Å²) in [4.78, 5) is 31.6. The number of hydrogen-bond donors (Lipinski definition) is 3. The van der Waals surface area contributed by atoms with Crippen LogP contribution in [-0.2, 0) is 0 Å².